The molecular weight excluding hydrogens is 250 g/mol. The summed E-state index contributed by atoms with van der Waals surface area (Å²) in [5.41, 5.74) is 0. The summed E-state index contributed by atoms with van der Waals surface area (Å²) in [7, 11) is 0. The Hall–Kier alpha value is -1.11. The summed E-state index contributed by atoms with van der Waals surface area (Å²) in [4.78, 5) is 12.0. The predicted octanol–water partition coefficient (Wildman–Crippen LogP) is 0.883. The topological polar surface area (TPSA) is 72.7 Å². The summed E-state index contributed by atoms with van der Waals surface area (Å²) in [5.74, 6) is 0.837. The molecule has 6 nitrogen and oxygen atoms in total. The van der Waals surface area contributed by atoms with Crippen LogP contribution in [0, 0.1) is 0 Å². The van der Waals surface area contributed by atoms with Gasteiger partial charge >= 0.3 is 0 Å². The Morgan fingerprint density at radius 2 is 2.28 bits per heavy atom. The van der Waals surface area contributed by atoms with Crippen molar-refractivity contribution in [2.24, 2.45) is 0 Å². The Morgan fingerprint density at radius 1 is 1.50 bits per heavy atom. The summed E-state index contributed by atoms with van der Waals surface area (Å²) in [6.07, 6.45) is 4.60. The first kappa shape index (κ1) is 14.9. The molecule has 1 rings (SSSR count). The molecule has 0 saturated carbocycles. The number of carbonyl (C=O) groups excluding carboxylic acids is 1. The predicted molar refractivity (Wildman–Crippen MR) is 72.4 cm³/mol. The van der Waals surface area contributed by atoms with Gasteiger partial charge in [0, 0.05) is 19.5 Å². The monoisotopic (exact) mass is 271 g/mol. The second-order valence-corrected chi connectivity index (χ2v) is 5.02. The quantitative estimate of drug-likeness (QED) is 0.711. The first-order chi connectivity index (χ1) is 8.72. The number of amides is 1. The lowest BCUT2D eigenvalue weighted by Crippen LogP contribution is -2.35. The molecule has 1 atom stereocenters. The van der Waals surface area contributed by atoms with Crippen molar-refractivity contribution in [1.82, 2.24) is 25.5 Å². The lowest BCUT2D eigenvalue weighted by atomic mass is 10.2. The number of rotatable bonds is 8. The summed E-state index contributed by atoms with van der Waals surface area (Å²) in [6.45, 7) is 5.55. The third kappa shape index (κ3) is 4.29. The maximum Gasteiger partial charge on any atom is 0.233 e. The fraction of sp³-hybridized carbons (Fsp3) is 0.818. The van der Waals surface area contributed by atoms with E-state index in [1.54, 1.807) is 4.68 Å². The fourth-order valence-corrected chi connectivity index (χ4v) is 2.18. The second kappa shape index (κ2) is 8.07. The van der Waals surface area contributed by atoms with Crippen LogP contribution >= 0.6 is 11.8 Å². The minimum absolute atomic E-state index is 0.0709. The van der Waals surface area contributed by atoms with Crippen LogP contribution in [0.15, 0.2) is 0 Å². The number of aromatic nitrogens is 4. The summed E-state index contributed by atoms with van der Waals surface area (Å²) in [5, 5.41) is 14.3. The highest BCUT2D eigenvalue weighted by molar-refractivity contribution is 7.99. The van der Waals surface area contributed by atoms with Crippen LogP contribution < -0.4 is 5.32 Å². The maximum atomic E-state index is 12.0. The standard InChI is InChI=1S/C11H21N5OS/c1-4-6-7-12-11(17)9(18-3)8-10-13-14-15-16(10)5-2/h9H,4-8H2,1-3H3,(H,12,17). The number of tetrazole rings is 1. The van der Waals surface area contributed by atoms with E-state index in [1.807, 2.05) is 13.2 Å². The van der Waals surface area contributed by atoms with Crippen LogP contribution in [0.2, 0.25) is 0 Å². The van der Waals surface area contributed by atoms with Gasteiger partial charge in [-0.1, -0.05) is 13.3 Å². The summed E-state index contributed by atoms with van der Waals surface area (Å²) < 4.78 is 1.72. The van der Waals surface area contributed by atoms with Gasteiger partial charge in [0.25, 0.3) is 0 Å². The van der Waals surface area contributed by atoms with E-state index in [9.17, 15) is 4.79 Å². The molecule has 18 heavy (non-hydrogen) atoms. The molecule has 1 heterocycles. The van der Waals surface area contributed by atoms with Crippen LogP contribution in [0.5, 0.6) is 0 Å². The number of carbonyl (C=O) groups is 1. The third-order valence-electron chi connectivity index (χ3n) is 2.68. The zero-order chi connectivity index (χ0) is 13.4. The van der Waals surface area contributed by atoms with Gasteiger partial charge in [-0.15, -0.1) is 5.10 Å². The SMILES string of the molecule is CCCCNC(=O)C(Cc1nnnn1CC)SC. The minimum Gasteiger partial charge on any atom is -0.355 e. The molecule has 1 unspecified atom stereocenters. The minimum atomic E-state index is -0.127. The molecule has 0 saturated heterocycles. The Bertz CT molecular complexity index is 368. The van der Waals surface area contributed by atoms with E-state index in [1.165, 1.54) is 11.8 Å². The number of hydrogen-bond acceptors (Lipinski definition) is 5. The molecule has 102 valence electrons. The fourth-order valence-electron chi connectivity index (χ4n) is 1.57. The van der Waals surface area contributed by atoms with Crippen LogP contribution in [0.25, 0.3) is 0 Å². The van der Waals surface area contributed by atoms with Crippen molar-refractivity contribution in [3.05, 3.63) is 5.82 Å². The van der Waals surface area contributed by atoms with Crippen molar-refractivity contribution in [3.63, 3.8) is 0 Å². The highest BCUT2D eigenvalue weighted by atomic mass is 32.2. The Morgan fingerprint density at radius 3 is 2.89 bits per heavy atom. The van der Waals surface area contributed by atoms with Gasteiger partial charge in [0.15, 0.2) is 5.82 Å². The molecular formula is C11H21N5OS. The molecule has 7 heteroatoms. The number of hydrogen-bond donors (Lipinski definition) is 1. The molecule has 0 aliphatic carbocycles. The van der Waals surface area contributed by atoms with Gasteiger partial charge in [-0.05, 0) is 30.0 Å². The third-order valence-corrected chi connectivity index (χ3v) is 3.63. The van der Waals surface area contributed by atoms with E-state index in [0.29, 0.717) is 6.42 Å². The van der Waals surface area contributed by atoms with Gasteiger partial charge < -0.3 is 5.32 Å². The number of unbranched alkanes of at least 4 members (excludes halogenated alkanes) is 1. The summed E-state index contributed by atoms with van der Waals surface area (Å²) >= 11 is 1.53. The lowest BCUT2D eigenvalue weighted by molar-refractivity contribution is -0.120. The molecule has 1 amide bonds. The van der Waals surface area contributed by atoms with Gasteiger partial charge in [0.1, 0.15) is 0 Å². The number of nitrogens with one attached hydrogen (secondary N) is 1. The van der Waals surface area contributed by atoms with E-state index in [2.05, 4.69) is 27.8 Å². The van der Waals surface area contributed by atoms with Crippen molar-refractivity contribution < 1.29 is 4.79 Å². The van der Waals surface area contributed by atoms with Crippen molar-refractivity contribution >= 4 is 17.7 Å². The van der Waals surface area contributed by atoms with E-state index in [0.717, 1.165) is 31.8 Å². The average Bonchev–Trinajstić information content (AvgIpc) is 2.83. The first-order valence-corrected chi connectivity index (χ1v) is 7.57. The number of nitrogens with zero attached hydrogens (tertiary/aromatic N) is 4. The molecule has 1 N–H and O–H groups in total. The smallest absolute Gasteiger partial charge is 0.233 e. The molecule has 1 aromatic heterocycles. The van der Waals surface area contributed by atoms with Gasteiger partial charge in [-0.3, -0.25) is 4.79 Å². The van der Waals surface area contributed by atoms with Crippen molar-refractivity contribution in [2.45, 2.75) is 44.9 Å². The largest absolute Gasteiger partial charge is 0.355 e. The molecule has 0 spiro atoms. The molecule has 1 aromatic rings. The van der Waals surface area contributed by atoms with Gasteiger partial charge in [0.2, 0.25) is 5.91 Å². The van der Waals surface area contributed by atoms with Gasteiger partial charge in [-0.2, -0.15) is 11.8 Å². The van der Waals surface area contributed by atoms with Gasteiger partial charge in [-0.25, -0.2) is 4.68 Å². The lowest BCUT2D eigenvalue weighted by Gasteiger charge is -2.13. The average molecular weight is 271 g/mol. The van der Waals surface area contributed by atoms with Crippen LogP contribution in [0.3, 0.4) is 0 Å². The first-order valence-electron chi connectivity index (χ1n) is 6.28. The zero-order valence-corrected chi connectivity index (χ0v) is 12.0. The molecule has 0 aliphatic rings. The van der Waals surface area contributed by atoms with E-state index in [-0.39, 0.29) is 11.2 Å². The van der Waals surface area contributed by atoms with Crippen LogP contribution in [-0.2, 0) is 17.8 Å². The number of thioether (sulfide) groups is 1. The maximum absolute atomic E-state index is 12.0. The molecule has 0 fully saturated rings. The zero-order valence-electron chi connectivity index (χ0n) is 11.2. The highest BCUT2D eigenvalue weighted by Crippen LogP contribution is 2.12. The molecule has 0 bridgehead atoms. The Balaban J connectivity index is 2.53. The van der Waals surface area contributed by atoms with Crippen molar-refractivity contribution in [3.8, 4) is 0 Å². The highest BCUT2D eigenvalue weighted by Gasteiger charge is 2.20. The summed E-state index contributed by atoms with van der Waals surface area (Å²) in [6, 6.07) is 0. The van der Waals surface area contributed by atoms with E-state index < -0.39 is 0 Å². The van der Waals surface area contributed by atoms with Crippen LogP contribution in [0.4, 0.5) is 0 Å². The Labute approximate surface area is 112 Å². The van der Waals surface area contributed by atoms with Gasteiger partial charge in [0.05, 0.1) is 5.25 Å². The van der Waals surface area contributed by atoms with Crippen molar-refractivity contribution in [1.29, 1.82) is 0 Å². The Kier molecular flexibility index (Phi) is 6.70. The second-order valence-electron chi connectivity index (χ2n) is 3.98. The molecule has 0 radical (unpaired) electrons. The number of aryl methyl sites for hydroxylation is 1. The molecule has 0 aliphatic heterocycles. The van der Waals surface area contributed by atoms with E-state index >= 15 is 0 Å². The normalized spacial score (nSPS) is 12.4. The van der Waals surface area contributed by atoms with E-state index in [4.69, 9.17) is 0 Å². The molecule has 0 aromatic carbocycles. The van der Waals surface area contributed by atoms with Crippen molar-refractivity contribution in [2.75, 3.05) is 12.8 Å². The van der Waals surface area contributed by atoms with Crippen LogP contribution in [-0.4, -0.2) is 44.2 Å². The van der Waals surface area contributed by atoms with Crippen LogP contribution in [0.1, 0.15) is 32.5 Å².